The zero-order valence-electron chi connectivity index (χ0n) is 9.79. The van der Waals surface area contributed by atoms with Crippen LogP contribution in [0.1, 0.15) is 19.8 Å². The molecule has 0 aromatic rings. The normalized spacial score (nSPS) is 12.9. The van der Waals surface area contributed by atoms with Crippen LogP contribution in [-0.4, -0.2) is 50.1 Å². The van der Waals surface area contributed by atoms with Crippen LogP contribution in [0.15, 0.2) is 0 Å². The van der Waals surface area contributed by atoms with Gasteiger partial charge in [0, 0.05) is 26.6 Å². The topological polar surface area (TPSA) is 55.6 Å². The monoisotopic (exact) mass is 238 g/mol. The highest BCUT2D eigenvalue weighted by Crippen LogP contribution is 2.06. The van der Waals surface area contributed by atoms with Gasteiger partial charge in [0.05, 0.1) is 12.6 Å². The number of nitrogens with zero attached hydrogens (tertiary/aromatic N) is 1. The van der Waals surface area contributed by atoms with Gasteiger partial charge in [0.2, 0.25) is 5.91 Å². The van der Waals surface area contributed by atoms with Gasteiger partial charge in [-0.15, -0.1) is 0 Å². The largest absolute Gasteiger partial charge is 0.382 e. The Bertz CT molecular complexity index is 203. The molecule has 0 saturated carbocycles. The van der Waals surface area contributed by atoms with Gasteiger partial charge in [-0.1, -0.05) is 0 Å². The number of hydrogen-bond acceptors (Lipinski definition) is 3. The zero-order valence-corrected chi connectivity index (χ0v) is 9.79. The summed E-state index contributed by atoms with van der Waals surface area (Å²) in [4.78, 5) is 12.7. The lowest BCUT2D eigenvalue weighted by molar-refractivity contribution is -0.133. The summed E-state index contributed by atoms with van der Waals surface area (Å²) in [7, 11) is 1.55. The highest BCUT2D eigenvalue weighted by atomic mass is 19.3. The molecule has 1 atom stereocenters. The van der Waals surface area contributed by atoms with Crippen LogP contribution in [0.4, 0.5) is 8.78 Å². The average Bonchev–Trinajstić information content (AvgIpc) is 2.24. The summed E-state index contributed by atoms with van der Waals surface area (Å²) in [6.45, 7) is 1.65. The van der Waals surface area contributed by atoms with E-state index in [0.29, 0.717) is 6.42 Å². The van der Waals surface area contributed by atoms with Crippen molar-refractivity contribution in [3.8, 4) is 0 Å². The summed E-state index contributed by atoms with van der Waals surface area (Å²) in [5.41, 5.74) is 5.26. The fourth-order valence-electron chi connectivity index (χ4n) is 1.24. The molecule has 0 radical (unpaired) electrons. The molecule has 1 amide bonds. The standard InChI is InChI=1S/C10H20F2N2O2/c1-8(16-2)3-4-10(15)14(6-5-13)7-9(11)12/h8-9H,3-7,13H2,1-2H3. The van der Waals surface area contributed by atoms with E-state index in [2.05, 4.69) is 0 Å². The van der Waals surface area contributed by atoms with Crippen molar-refractivity contribution >= 4 is 5.91 Å². The predicted molar refractivity (Wildman–Crippen MR) is 57.3 cm³/mol. The molecule has 1 unspecified atom stereocenters. The van der Waals surface area contributed by atoms with Crippen LogP contribution in [-0.2, 0) is 9.53 Å². The van der Waals surface area contributed by atoms with Crippen molar-refractivity contribution < 1.29 is 18.3 Å². The molecular weight excluding hydrogens is 218 g/mol. The lowest BCUT2D eigenvalue weighted by atomic mass is 10.2. The molecule has 0 aromatic heterocycles. The molecule has 0 aromatic carbocycles. The first-order valence-corrected chi connectivity index (χ1v) is 5.30. The van der Waals surface area contributed by atoms with E-state index in [1.54, 1.807) is 7.11 Å². The second-order valence-electron chi connectivity index (χ2n) is 3.60. The Morgan fingerprint density at radius 3 is 2.56 bits per heavy atom. The number of hydrogen-bond donors (Lipinski definition) is 1. The Morgan fingerprint density at radius 1 is 1.50 bits per heavy atom. The lowest BCUT2D eigenvalue weighted by Crippen LogP contribution is -2.38. The molecule has 16 heavy (non-hydrogen) atoms. The van der Waals surface area contributed by atoms with Gasteiger partial charge in [0.25, 0.3) is 6.43 Å². The van der Waals surface area contributed by atoms with Gasteiger partial charge in [0.1, 0.15) is 0 Å². The van der Waals surface area contributed by atoms with Gasteiger partial charge in [-0.05, 0) is 13.3 Å². The maximum atomic E-state index is 12.2. The van der Waals surface area contributed by atoms with Crippen LogP contribution in [0.3, 0.4) is 0 Å². The van der Waals surface area contributed by atoms with Gasteiger partial charge in [-0.2, -0.15) is 0 Å². The number of nitrogens with two attached hydrogens (primary N) is 1. The second-order valence-corrected chi connectivity index (χ2v) is 3.60. The number of ether oxygens (including phenoxy) is 1. The summed E-state index contributed by atoms with van der Waals surface area (Å²) in [6.07, 6.45) is -1.83. The van der Waals surface area contributed by atoms with E-state index >= 15 is 0 Å². The van der Waals surface area contributed by atoms with Crippen LogP contribution in [0.2, 0.25) is 0 Å². The number of halogens is 2. The van der Waals surface area contributed by atoms with E-state index < -0.39 is 13.0 Å². The minimum atomic E-state index is -2.52. The first-order chi connectivity index (χ1) is 7.51. The Balaban J connectivity index is 4.05. The molecule has 0 heterocycles. The van der Waals surface area contributed by atoms with E-state index in [-0.39, 0.29) is 31.5 Å². The third-order valence-electron chi connectivity index (χ3n) is 2.28. The van der Waals surface area contributed by atoms with Crippen molar-refractivity contribution in [1.82, 2.24) is 4.90 Å². The highest BCUT2D eigenvalue weighted by Gasteiger charge is 2.17. The first-order valence-electron chi connectivity index (χ1n) is 5.30. The highest BCUT2D eigenvalue weighted by molar-refractivity contribution is 5.76. The van der Waals surface area contributed by atoms with E-state index in [9.17, 15) is 13.6 Å². The fourth-order valence-corrected chi connectivity index (χ4v) is 1.24. The quantitative estimate of drug-likeness (QED) is 0.682. The van der Waals surface area contributed by atoms with Gasteiger partial charge < -0.3 is 15.4 Å². The molecule has 4 nitrogen and oxygen atoms in total. The molecule has 0 aliphatic carbocycles. The van der Waals surface area contributed by atoms with Crippen molar-refractivity contribution in [3.63, 3.8) is 0 Å². The summed E-state index contributed by atoms with van der Waals surface area (Å²) in [5, 5.41) is 0. The van der Waals surface area contributed by atoms with Gasteiger partial charge >= 0.3 is 0 Å². The van der Waals surface area contributed by atoms with E-state index in [1.807, 2.05) is 6.92 Å². The van der Waals surface area contributed by atoms with E-state index in [0.717, 1.165) is 4.90 Å². The molecule has 6 heteroatoms. The number of carbonyl (C=O) groups excluding carboxylic acids is 1. The molecule has 0 bridgehead atoms. The summed E-state index contributed by atoms with van der Waals surface area (Å²) in [5.74, 6) is -0.297. The molecule has 0 aliphatic rings. The number of rotatable bonds is 8. The van der Waals surface area contributed by atoms with Crippen molar-refractivity contribution in [2.24, 2.45) is 5.73 Å². The molecule has 0 aliphatic heterocycles. The second kappa shape index (κ2) is 8.41. The van der Waals surface area contributed by atoms with Crippen LogP contribution >= 0.6 is 0 Å². The molecule has 2 N–H and O–H groups in total. The van der Waals surface area contributed by atoms with E-state index in [4.69, 9.17) is 10.5 Å². The zero-order chi connectivity index (χ0) is 12.6. The maximum Gasteiger partial charge on any atom is 0.255 e. The third kappa shape index (κ3) is 6.68. The summed E-state index contributed by atoms with van der Waals surface area (Å²) >= 11 is 0. The Morgan fingerprint density at radius 2 is 2.12 bits per heavy atom. The molecule has 96 valence electrons. The van der Waals surface area contributed by atoms with Gasteiger partial charge in [0.15, 0.2) is 0 Å². The van der Waals surface area contributed by atoms with Crippen LogP contribution in [0.25, 0.3) is 0 Å². The lowest BCUT2D eigenvalue weighted by Gasteiger charge is -2.22. The number of amides is 1. The molecule has 0 rings (SSSR count). The van der Waals surface area contributed by atoms with Crippen LogP contribution in [0, 0.1) is 0 Å². The molecule has 0 saturated heterocycles. The van der Waals surface area contributed by atoms with Gasteiger partial charge in [-0.3, -0.25) is 4.79 Å². The van der Waals surface area contributed by atoms with Crippen LogP contribution < -0.4 is 5.73 Å². The third-order valence-corrected chi connectivity index (χ3v) is 2.28. The van der Waals surface area contributed by atoms with E-state index in [1.165, 1.54) is 0 Å². The van der Waals surface area contributed by atoms with Crippen molar-refractivity contribution in [2.75, 3.05) is 26.7 Å². The van der Waals surface area contributed by atoms with Gasteiger partial charge in [-0.25, -0.2) is 8.78 Å². The number of carbonyl (C=O) groups is 1. The Labute approximate surface area is 94.7 Å². The fraction of sp³-hybridized carbons (Fsp3) is 0.900. The maximum absolute atomic E-state index is 12.2. The molecular formula is C10H20F2N2O2. The van der Waals surface area contributed by atoms with Crippen molar-refractivity contribution in [1.29, 1.82) is 0 Å². The van der Waals surface area contributed by atoms with Crippen molar-refractivity contribution in [3.05, 3.63) is 0 Å². The summed E-state index contributed by atoms with van der Waals surface area (Å²) < 4.78 is 29.3. The average molecular weight is 238 g/mol. The number of alkyl halides is 2. The number of methoxy groups -OCH3 is 1. The minimum Gasteiger partial charge on any atom is -0.382 e. The molecule has 0 fully saturated rings. The van der Waals surface area contributed by atoms with Crippen molar-refractivity contribution in [2.45, 2.75) is 32.3 Å². The smallest absolute Gasteiger partial charge is 0.255 e. The molecule has 0 spiro atoms. The SMILES string of the molecule is COC(C)CCC(=O)N(CCN)CC(F)F. The first kappa shape index (κ1) is 15.2. The predicted octanol–water partition coefficient (Wildman–Crippen LogP) is 0.854. The minimum absolute atomic E-state index is 0.0461. The Hall–Kier alpha value is -0.750. The Kier molecular flexibility index (Phi) is 8.01. The van der Waals surface area contributed by atoms with Crippen LogP contribution in [0.5, 0.6) is 0 Å². The summed E-state index contributed by atoms with van der Waals surface area (Å²) in [6, 6.07) is 0.